The predicted octanol–water partition coefficient (Wildman–Crippen LogP) is 3.34. The largest absolute Gasteiger partial charge is 0.339 e. The lowest BCUT2D eigenvalue weighted by Crippen LogP contribution is -2.42. The maximum atomic E-state index is 13.0. The maximum absolute atomic E-state index is 13.0. The van der Waals surface area contributed by atoms with Gasteiger partial charge in [-0.25, -0.2) is 0 Å². The lowest BCUT2D eigenvalue weighted by molar-refractivity contribution is -0.136. The molecule has 1 unspecified atom stereocenters. The van der Waals surface area contributed by atoms with Crippen molar-refractivity contribution in [2.45, 2.75) is 51.5 Å². The molecular formula is C21H29N3O2. The van der Waals surface area contributed by atoms with Gasteiger partial charge in [0.15, 0.2) is 0 Å². The summed E-state index contributed by atoms with van der Waals surface area (Å²) in [6.07, 6.45) is 9.30. The highest BCUT2D eigenvalue weighted by Crippen LogP contribution is 2.32. The molecule has 1 atom stereocenters. The van der Waals surface area contributed by atoms with E-state index in [9.17, 15) is 9.59 Å². The molecule has 2 amide bonds. The molecule has 5 nitrogen and oxygen atoms in total. The number of carbonyl (C=O) groups excluding carboxylic acids is 2. The van der Waals surface area contributed by atoms with Crippen LogP contribution >= 0.6 is 0 Å². The van der Waals surface area contributed by atoms with Crippen molar-refractivity contribution in [3.63, 3.8) is 0 Å². The Labute approximate surface area is 156 Å². The van der Waals surface area contributed by atoms with Gasteiger partial charge in [-0.2, -0.15) is 0 Å². The zero-order chi connectivity index (χ0) is 18.5. The van der Waals surface area contributed by atoms with Crippen molar-refractivity contribution in [2.75, 3.05) is 19.6 Å². The molecule has 2 aliphatic heterocycles. The Morgan fingerprint density at radius 1 is 1.19 bits per heavy atom. The highest BCUT2D eigenvalue weighted by Gasteiger charge is 2.31. The summed E-state index contributed by atoms with van der Waals surface area (Å²) in [5.74, 6) is 0.666. The van der Waals surface area contributed by atoms with Crippen LogP contribution < -0.4 is 0 Å². The van der Waals surface area contributed by atoms with Gasteiger partial charge < -0.3 is 9.80 Å². The van der Waals surface area contributed by atoms with Crippen LogP contribution in [0.25, 0.3) is 0 Å². The summed E-state index contributed by atoms with van der Waals surface area (Å²) >= 11 is 0. The molecule has 1 aromatic heterocycles. The molecule has 0 bridgehead atoms. The number of piperidine rings is 2. The van der Waals surface area contributed by atoms with E-state index >= 15 is 0 Å². The molecule has 0 aliphatic carbocycles. The van der Waals surface area contributed by atoms with Crippen LogP contribution in [-0.4, -0.2) is 46.2 Å². The maximum Gasteiger partial charge on any atom is 0.248 e. The van der Waals surface area contributed by atoms with Gasteiger partial charge in [0.1, 0.15) is 0 Å². The Hall–Kier alpha value is -2.17. The molecule has 0 aromatic carbocycles. The smallest absolute Gasteiger partial charge is 0.248 e. The van der Waals surface area contributed by atoms with E-state index in [0.29, 0.717) is 17.9 Å². The molecule has 0 saturated carbocycles. The fourth-order valence-electron chi connectivity index (χ4n) is 4.12. The van der Waals surface area contributed by atoms with Crippen molar-refractivity contribution in [1.29, 1.82) is 0 Å². The molecule has 1 aromatic rings. The van der Waals surface area contributed by atoms with Crippen LogP contribution in [0, 0.1) is 5.92 Å². The number of aromatic nitrogens is 1. The second-order valence-corrected chi connectivity index (χ2v) is 7.61. The number of rotatable bonds is 4. The first-order chi connectivity index (χ1) is 12.6. The second-order valence-electron chi connectivity index (χ2n) is 7.61. The standard InChI is InChI=1S/C21H29N3O2/c1-16(2)21(26)23-12-8-17(9-13-23)14-20(25)24-11-4-3-7-19(24)18-6-5-10-22-15-18/h5-6,10,15,17,19H,1,3-4,7-9,11-14H2,2H3. The Balaban J connectivity index is 1.57. The average molecular weight is 355 g/mol. The number of hydrogen-bond donors (Lipinski definition) is 0. The molecule has 5 heteroatoms. The summed E-state index contributed by atoms with van der Waals surface area (Å²) < 4.78 is 0. The summed E-state index contributed by atoms with van der Waals surface area (Å²) in [5, 5.41) is 0. The number of pyridine rings is 1. The van der Waals surface area contributed by atoms with Gasteiger partial charge >= 0.3 is 0 Å². The Morgan fingerprint density at radius 3 is 2.62 bits per heavy atom. The summed E-state index contributed by atoms with van der Waals surface area (Å²) in [6, 6.07) is 4.18. The van der Waals surface area contributed by atoms with E-state index in [2.05, 4.69) is 22.5 Å². The van der Waals surface area contributed by atoms with Gasteiger partial charge in [-0.3, -0.25) is 14.6 Å². The van der Waals surface area contributed by atoms with E-state index in [1.54, 1.807) is 13.1 Å². The molecular weight excluding hydrogens is 326 g/mol. The van der Waals surface area contributed by atoms with Crippen LogP contribution in [0.2, 0.25) is 0 Å². The van der Waals surface area contributed by atoms with Crippen LogP contribution in [0.4, 0.5) is 0 Å². The molecule has 0 spiro atoms. The molecule has 140 valence electrons. The topological polar surface area (TPSA) is 53.5 Å². The molecule has 26 heavy (non-hydrogen) atoms. The monoisotopic (exact) mass is 355 g/mol. The second kappa shape index (κ2) is 8.47. The zero-order valence-electron chi connectivity index (χ0n) is 15.7. The minimum absolute atomic E-state index is 0.0439. The quantitative estimate of drug-likeness (QED) is 0.779. The van der Waals surface area contributed by atoms with Gasteiger partial charge in [0.2, 0.25) is 11.8 Å². The Kier molecular flexibility index (Phi) is 6.07. The third-order valence-electron chi connectivity index (χ3n) is 5.62. The van der Waals surface area contributed by atoms with Gasteiger partial charge in [0.25, 0.3) is 0 Å². The van der Waals surface area contributed by atoms with Gasteiger partial charge in [-0.05, 0) is 56.6 Å². The van der Waals surface area contributed by atoms with Crippen molar-refractivity contribution in [1.82, 2.24) is 14.8 Å². The number of amides is 2. The van der Waals surface area contributed by atoms with Crippen LogP contribution in [0.5, 0.6) is 0 Å². The van der Waals surface area contributed by atoms with E-state index in [0.717, 1.165) is 57.3 Å². The third kappa shape index (κ3) is 4.32. The van der Waals surface area contributed by atoms with Crippen molar-refractivity contribution in [3.8, 4) is 0 Å². The van der Waals surface area contributed by atoms with Gasteiger partial charge in [0.05, 0.1) is 6.04 Å². The van der Waals surface area contributed by atoms with E-state index < -0.39 is 0 Å². The SMILES string of the molecule is C=C(C)C(=O)N1CCC(CC(=O)N2CCCCC2c2cccnc2)CC1. The Bertz CT molecular complexity index is 650. The fourth-order valence-corrected chi connectivity index (χ4v) is 4.12. The molecule has 0 radical (unpaired) electrons. The van der Waals surface area contributed by atoms with Crippen LogP contribution in [0.3, 0.4) is 0 Å². The normalized spacial score (nSPS) is 21.5. The van der Waals surface area contributed by atoms with Gasteiger partial charge in [-0.15, -0.1) is 0 Å². The van der Waals surface area contributed by atoms with E-state index in [1.807, 2.05) is 17.2 Å². The van der Waals surface area contributed by atoms with Crippen molar-refractivity contribution in [3.05, 3.63) is 42.2 Å². The zero-order valence-corrected chi connectivity index (χ0v) is 15.7. The lowest BCUT2D eigenvalue weighted by atomic mass is 9.90. The highest BCUT2D eigenvalue weighted by molar-refractivity contribution is 5.92. The molecule has 0 N–H and O–H groups in total. The average Bonchev–Trinajstić information content (AvgIpc) is 2.68. The Morgan fingerprint density at radius 2 is 1.96 bits per heavy atom. The number of carbonyl (C=O) groups is 2. The summed E-state index contributed by atoms with van der Waals surface area (Å²) in [4.78, 5) is 33.2. The molecule has 2 aliphatic rings. The van der Waals surface area contributed by atoms with E-state index in [1.165, 1.54) is 0 Å². The predicted molar refractivity (Wildman–Crippen MR) is 101 cm³/mol. The first-order valence-corrected chi connectivity index (χ1v) is 9.70. The van der Waals surface area contributed by atoms with Crippen molar-refractivity contribution < 1.29 is 9.59 Å². The molecule has 3 rings (SSSR count). The fraction of sp³-hybridized carbons (Fsp3) is 0.571. The van der Waals surface area contributed by atoms with E-state index in [-0.39, 0.29) is 17.9 Å². The minimum Gasteiger partial charge on any atom is -0.339 e. The number of hydrogen-bond acceptors (Lipinski definition) is 3. The lowest BCUT2D eigenvalue weighted by Gasteiger charge is -2.38. The summed E-state index contributed by atoms with van der Waals surface area (Å²) in [7, 11) is 0. The first-order valence-electron chi connectivity index (χ1n) is 9.70. The van der Waals surface area contributed by atoms with E-state index in [4.69, 9.17) is 0 Å². The summed E-state index contributed by atoms with van der Waals surface area (Å²) in [6.45, 7) is 7.80. The van der Waals surface area contributed by atoms with Crippen molar-refractivity contribution >= 4 is 11.8 Å². The van der Waals surface area contributed by atoms with Crippen LogP contribution in [-0.2, 0) is 9.59 Å². The van der Waals surface area contributed by atoms with Crippen LogP contribution in [0.15, 0.2) is 36.7 Å². The molecule has 3 heterocycles. The molecule has 2 fully saturated rings. The highest BCUT2D eigenvalue weighted by atomic mass is 16.2. The van der Waals surface area contributed by atoms with Gasteiger partial charge in [0, 0.05) is 44.0 Å². The van der Waals surface area contributed by atoms with Gasteiger partial charge in [-0.1, -0.05) is 12.6 Å². The summed E-state index contributed by atoms with van der Waals surface area (Å²) in [5.41, 5.74) is 1.73. The number of nitrogens with zero attached hydrogens (tertiary/aromatic N) is 3. The minimum atomic E-state index is 0.0439. The third-order valence-corrected chi connectivity index (χ3v) is 5.62. The molecule has 2 saturated heterocycles. The number of likely N-dealkylation sites (tertiary alicyclic amines) is 2. The van der Waals surface area contributed by atoms with Crippen molar-refractivity contribution in [2.24, 2.45) is 5.92 Å². The first kappa shape index (κ1) is 18.6. The van der Waals surface area contributed by atoms with Crippen LogP contribution in [0.1, 0.15) is 57.1 Å².